The summed E-state index contributed by atoms with van der Waals surface area (Å²) < 4.78 is 0. The molecule has 117 valence electrons. The van der Waals surface area contributed by atoms with E-state index in [9.17, 15) is 4.79 Å². The van der Waals surface area contributed by atoms with Gasteiger partial charge in [-0.1, -0.05) is 6.92 Å². The van der Waals surface area contributed by atoms with Crippen molar-refractivity contribution in [3.8, 4) is 0 Å². The summed E-state index contributed by atoms with van der Waals surface area (Å²) >= 11 is 0. The molecule has 1 radical (unpaired) electrons. The van der Waals surface area contributed by atoms with Crippen LogP contribution in [0.1, 0.15) is 51.9 Å². The third-order valence-electron chi connectivity index (χ3n) is 6.94. The molecule has 5 aliphatic carbocycles. The maximum atomic E-state index is 12.8. The van der Waals surface area contributed by atoms with E-state index < -0.39 is 0 Å². The quantitative estimate of drug-likeness (QED) is 0.855. The molecule has 1 amide bonds. The van der Waals surface area contributed by atoms with Crippen molar-refractivity contribution < 1.29 is 4.79 Å². The van der Waals surface area contributed by atoms with Gasteiger partial charge >= 0.3 is 0 Å². The van der Waals surface area contributed by atoms with Crippen molar-refractivity contribution in [2.45, 2.75) is 57.9 Å². The summed E-state index contributed by atoms with van der Waals surface area (Å²) in [4.78, 5) is 12.8. The van der Waals surface area contributed by atoms with Crippen molar-refractivity contribution in [3.63, 3.8) is 0 Å². The highest BCUT2D eigenvalue weighted by atomic mass is 16.1. The minimum absolute atomic E-state index is 0.0746. The molecule has 4 heteroatoms. The van der Waals surface area contributed by atoms with E-state index >= 15 is 0 Å². The lowest BCUT2D eigenvalue weighted by Gasteiger charge is -2.54. The molecule has 0 saturated heterocycles. The molecule has 1 N–H and O–H groups in total. The highest BCUT2D eigenvalue weighted by molar-refractivity contribution is 6.14. The van der Waals surface area contributed by atoms with Crippen LogP contribution >= 0.6 is 0 Å². The number of carbonyl (C=O) groups excluding carboxylic acids is 1. The van der Waals surface area contributed by atoms with Gasteiger partial charge < -0.3 is 5.32 Å². The van der Waals surface area contributed by atoms with Crippen LogP contribution in [0.2, 0.25) is 0 Å². The fraction of sp³-hybridized carbons (Fsp3) is 0.778. The van der Waals surface area contributed by atoms with Gasteiger partial charge in [-0.2, -0.15) is 10.5 Å². The average Bonchev–Trinajstić information content (AvgIpc) is 3.03. The number of amides is 1. The molecule has 1 heterocycles. The Morgan fingerprint density at radius 1 is 1.14 bits per heavy atom. The van der Waals surface area contributed by atoms with E-state index in [2.05, 4.69) is 22.8 Å². The molecular weight excluding hydrogens is 274 g/mol. The van der Waals surface area contributed by atoms with E-state index in [1.165, 1.54) is 32.1 Å². The van der Waals surface area contributed by atoms with Crippen LogP contribution in [0.25, 0.3) is 0 Å². The number of hydrogen-bond donors (Lipinski definition) is 1. The molecule has 0 unspecified atom stereocenters. The van der Waals surface area contributed by atoms with Gasteiger partial charge in [0.2, 0.25) is 0 Å². The first-order valence-corrected chi connectivity index (χ1v) is 8.92. The summed E-state index contributed by atoms with van der Waals surface area (Å²) in [5, 5.41) is 7.41. The molecular formula is C18H24N3O. The summed E-state index contributed by atoms with van der Waals surface area (Å²) in [6, 6.07) is 0.398. The fourth-order valence-corrected chi connectivity index (χ4v) is 5.69. The van der Waals surface area contributed by atoms with Crippen LogP contribution in [-0.2, 0) is 4.79 Å². The van der Waals surface area contributed by atoms with Crippen molar-refractivity contribution >= 4 is 12.1 Å². The molecule has 0 spiro atoms. The smallest absolute Gasteiger partial charge is 0.255 e. The summed E-state index contributed by atoms with van der Waals surface area (Å²) in [7, 11) is 0. The van der Waals surface area contributed by atoms with Gasteiger partial charge in [-0.3, -0.25) is 4.79 Å². The van der Waals surface area contributed by atoms with Crippen molar-refractivity contribution in [2.24, 2.45) is 34.2 Å². The molecule has 5 fully saturated rings. The van der Waals surface area contributed by atoms with Gasteiger partial charge in [-0.05, 0) is 68.6 Å². The van der Waals surface area contributed by atoms with Gasteiger partial charge in [0.25, 0.3) is 5.91 Å². The van der Waals surface area contributed by atoms with E-state index in [0.29, 0.717) is 6.04 Å². The van der Waals surface area contributed by atoms with Crippen LogP contribution in [0.15, 0.2) is 16.4 Å². The fourth-order valence-electron chi connectivity index (χ4n) is 5.69. The molecule has 0 aromatic carbocycles. The Morgan fingerprint density at radius 3 is 2.36 bits per heavy atom. The van der Waals surface area contributed by atoms with Crippen LogP contribution < -0.4 is 10.7 Å². The zero-order valence-corrected chi connectivity index (χ0v) is 13.2. The van der Waals surface area contributed by atoms with Crippen LogP contribution in [0.4, 0.5) is 0 Å². The van der Waals surface area contributed by atoms with Gasteiger partial charge in [-0.25, -0.2) is 0 Å². The van der Waals surface area contributed by atoms with Gasteiger partial charge in [0, 0.05) is 11.5 Å². The van der Waals surface area contributed by atoms with E-state index in [1.807, 2.05) is 0 Å². The van der Waals surface area contributed by atoms with E-state index in [4.69, 9.17) is 0 Å². The molecule has 6 rings (SSSR count). The van der Waals surface area contributed by atoms with Crippen molar-refractivity contribution in [1.82, 2.24) is 10.7 Å². The van der Waals surface area contributed by atoms with E-state index in [-0.39, 0.29) is 11.3 Å². The number of carbonyl (C=O) groups is 1. The van der Waals surface area contributed by atoms with Crippen molar-refractivity contribution in [2.75, 3.05) is 0 Å². The molecule has 0 aromatic rings. The predicted molar refractivity (Wildman–Crippen MR) is 84.0 cm³/mol. The number of rotatable bonds is 3. The maximum Gasteiger partial charge on any atom is 0.255 e. The lowest BCUT2D eigenvalue weighted by Crippen LogP contribution is -2.56. The first kappa shape index (κ1) is 13.1. The highest BCUT2D eigenvalue weighted by Crippen LogP contribution is 2.54. The van der Waals surface area contributed by atoms with Crippen molar-refractivity contribution in [3.05, 3.63) is 11.3 Å². The first-order chi connectivity index (χ1) is 10.6. The molecule has 6 aliphatic rings. The Kier molecular flexibility index (Phi) is 2.61. The topological polar surface area (TPSA) is 55.6 Å². The second kappa shape index (κ2) is 4.36. The molecule has 4 nitrogen and oxygen atoms in total. The lowest BCUT2D eigenvalue weighted by molar-refractivity contribution is -0.120. The lowest BCUT2D eigenvalue weighted by atomic mass is 9.54. The number of allylic oxidation sites excluding steroid dienone is 1. The molecule has 0 aromatic heterocycles. The number of nitrogens with zero attached hydrogens (tertiary/aromatic N) is 2. The second-order valence-corrected chi connectivity index (χ2v) is 8.60. The molecule has 22 heavy (non-hydrogen) atoms. The highest BCUT2D eigenvalue weighted by Gasteiger charge is 2.50. The Hall–Kier alpha value is -1.32. The van der Waals surface area contributed by atoms with E-state index in [1.54, 1.807) is 6.21 Å². The van der Waals surface area contributed by atoms with Crippen LogP contribution in [0.3, 0.4) is 0 Å². The average molecular weight is 298 g/mol. The first-order valence-electron chi connectivity index (χ1n) is 8.92. The largest absolute Gasteiger partial charge is 0.349 e. The summed E-state index contributed by atoms with van der Waals surface area (Å²) in [6.07, 6.45) is 10.7. The predicted octanol–water partition coefficient (Wildman–Crippen LogP) is 2.59. The van der Waals surface area contributed by atoms with Gasteiger partial charge in [0.05, 0.1) is 17.5 Å². The van der Waals surface area contributed by atoms with Gasteiger partial charge in [-0.15, -0.1) is 0 Å². The Morgan fingerprint density at radius 2 is 1.77 bits per heavy atom. The monoisotopic (exact) mass is 298 g/mol. The Labute approximate surface area is 131 Å². The summed E-state index contributed by atoms with van der Waals surface area (Å²) in [5.41, 5.74) is 6.00. The van der Waals surface area contributed by atoms with Crippen LogP contribution in [0.5, 0.6) is 0 Å². The van der Waals surface area contributed by atoms with Crippen molar-refractivity contribution in [1.29, 1.82) is 0 Å². The standard InChI is InChI=1S/C18H24N3O/c1-18(2-3-18)16-14(9-19-21-16)17(22)20-15-12-5-10-4-11(7-12)8-13(15)6-10/h9-13,15H,2-8H2,1H3,(H,20,22). The Bertz CT molecular complexity index is 559. The third-order valence-corrected chi connectivity index (χ3v) is 6.94. The molecule has 0 atom stereocenters. The minimum atomic E-state index is 0.0746. The van der Waals surface area contributed by atoms with Gasteiger partial charge in [0.1, 0.15) is 0 Å². The third kappa shape index (κ3) is 1.88. The normalized spacial score (nSPS) is 43.4. The second-order valence-electron chi connectivity index (χ2n) is 8.60. The molecule has 1 aliphatic heterocycles. The summed E-state index contributed by atoms with van der Waals surface area (Å²) in [5.74, 6) is 3.40. The zero-order valence-electron chi connectivity index (χ0n) is 13.2. The zero-order chi connectivity index (χ0) is 14.9. The molecule has 4 bridgehead atoms. The van der Waals surface area contributed by atoms with Crippen LogP contribution in [-0.4, -0.2) is 18.2 Å². The van der Waals surface area contributed by atoms with Gasteiger partial charge in [0.15, 0.2) is 0 Å². The molecule has 5 saturated carbocycles. The Balaban J connectivity index is 1.36. The van der Waals surface area contributed by atoms with Crippen LogP contribution in [0, 0.1) is 29.1 Å². The number of hydrogen-bond acceptors (Lipinski definition) is 2. The minimum Gasteiger partial charge on any atom is -0.349 e. The summed E-state index contributed by atoms with van der Waals surface area (Å²) in [6.45, 7) is 2.19. The maximum absolute atomic E-state index is 12.8. The van der Waals surface area contributed by atoms with E-state index in [0.717, 1.165) is 47.8 Å². The SMILES string of the molecule is CC1(C2=C(C(=O)NC3C4CC5CC(C4)CC3C5)C=N[N]2)CC1. The number of nitrogens with one attached hydrogen (secondary N) is 1.